The van der Waals surface area contributed by atoms with Crippen molar-refractivity contribution in [3.05, 3.63) is 23.8 Å². The van der Waals surface area contributed by atoms with E-state index in [1.54, 1.807) is 5.57 Å². The van der Waals surface area contributed by atoms with Crippen LogP contribution in [0.25, 0.3) is 0 Å². The summed E-state index contributed by atoms with van der Waals surface area (Å²) < 4.78 is 5.98. The summed E-state index contributed by atoms with van der Waals surface area (Å²) in [6, 6.07) is 0. The Kier molecular flexibility index (Phi) is 7.73. The summed E-state index contributed by atoms with van der Waals surface area (Å²) in [6.07, 6.45) is 20.4. The molecule has 8 atom stereocenters. The predicted molar refractivity (Wildman–Crippen MR) is 147 cm³/mol. The Labute approximate surface area is 216 Å². The van der Waals surface area contributed by atoms with E-state index >= 15 is 0 Å². The monoisotopic (exact) mass is 482 g/mol. The average molecular weight is 483 g/mol. The fraction of sp³-hybridized carbons (Fsp3) is 0.848. The van der Waals surface area contributed by atoms with Gasteiger partial charge < -0.3 is 4.74 Å². The normalized spacial score (nSPS) is 40.1. The minimum Gasteiger partial charge on any atom is -0.462 e. The van der Waals surface area contributed by atoms with Gasteiger partial charge in [0, 0.05) is 6.42 Å². The highest BCUT2D eigenvalue weighted by Crippen LogP contribution is 2.66. The maximum atomic E-state index is 12.5. The molecule has 3 saturated carbocycles. The van der Waals surface area contributed by atoms with E-state index in [1.807, 2.05) is 20.8 Å². The Morgan fingerprint density at radius 2 is 1.86 bits per heavy atom. The van der Waals surface area contributed by atoms with Crippen molar-refractivity contribution in [2.75, 3.05) is 0 Å². The van der Waals surface area contributed by atoms with Gasteiger partial charge in [0.1, 0.15) is 6.10 Å². The van der Waals surface area contributed by atoms with E-state index < -0.39 is 5.41 Å². The number of rotatable bonds is 6. The van der Waals surface area contributed by atoms with Gasteiger partial charge in [-0.05, 0) is 125 Å². The highest BCUT2D eigenvalue weighted by atomic mass is 16.5. The largest absolute Gasteiger partial charge is 0.462 e. The Morgan fingerprint density at radius 3 is 2.51 bits per heavy atom. The summed E-state index contributed by atoms with van der Waals surface area (Å²) in [5.74, 6) is 4.85. The molecule has 0 bridgehead atoms. The van der Waals surface area contributed by atoms with Gasteiger partial charge in [0.05, 0.1) is 5.41 Å². The minimum absolute atomic E-state index is 0.0430. The number of fused-ring (bicyclic) bond motifs is 5. The first-order chi connectivity index (χ1) is 16.4. The summed E-state index contributed by atoms with van der Waals surface area (Å²) in [7, 11) is 0. The molecule has 0 aromatic heterocycles. The van der Waals surface area contributed by atoms with Crippen molar-refractivity contribution < 1.29 is 9.53 Å². The maximum Gasteiger partial charge on any atom is 0.311 e. The minimum atomic E-state index is -0.416. The molecule has 0 aliphatic heterocycles. The number of esters is 1. The van der Waals surface area contributed by atoms with Crippen LogP contribution in [0.1, 0.15) is 120 Å². The second-order valence-electron chi connectivity index (χ2n) is 14.6. The quantitative estimate of drug-likeness (QED) is 0.279. The Morgan fingerprint density at radius 1 is 1.11 bits per heavy atom. The first-order valence-corrected chi connectivity index (χ1v) is 15.0. The van der Waals surface area contributed by atoms with Crippen molar-refractivity contribution in [1.29, 1.82) is 0 Å². The molecule has 198 valence electrons. The topological polar surface area (TPSA) is 26.3 Å². The van der Waals surface area contributed by atoms with Gasteiger partial charge in [0.25, 0.3) is 0 Å². The average Bonchev–Trinajstić information content (AvgIpc) is 3.12. The van der Waals surface area contributed by atoms with Crippen LogP contribution in [0.5, 0.6) is 0 Å². The molecule has 2 nitrogen and oxygen atoms in total. The first-order valence-electron chi connectivity index (χ1n) is 15.0. The van der Waals surface area contributed by atoms with E-state index in [1.165, 1.54) is 51.4 Å². The second-order valence-corrected chi connectivity index (χ2v) is 14.6. The molecular weight excluding hydrogens is 428 g/mol. The van der Waals surface area contributed by atoms with Gasteiger partial charge in [0.15, 0.2) is 0 Å². The van der Waals surface area contributed by atoms with Crippen LogP contribution in [-0.4, -0.2) is 12.1 Å². The SMILES string of the molecule is CCC(/C=C/CC1CCC2C3CC=C4CC(OC(=O)C(C)(C)C)CCC4(C)C3CCC12C)C(C)C. The summed E-state index contributed by atoms with van der Waals surface area (Å²) >= 11 is 0. The molecule has 0 saturated heterocycles. The highest BCUT2D eigenvalue weighted by molar-refractivity contribution is 5.75. The predicted octanol–water partition coefficient (Wildman–Crippen LogP) is 9.15. The third kappa shape index (κ3) is 5.06. The van der Waals surface area contributed by atoms with E-state index in [9.17, 15) is 4.79 Å². The van der Waals surface area contributed by atoms with Crippen molar-refractivity contribution >= 4 is 5.97 Å². The summed E-state index contributed by atoms with van der Waals surface area (Å²) in [4.78, 5) is 12.5. The lowest BCUT2D eigenvalue weighted by molar-refractivity contribution is -0.161. The van der Waals surface area contributed by atoms with Gasteiger partial charge in [-0.25, -0.2) is 0 Å². The Bertz CT molecular complexity index is 829. The molecule has 4 aliphatic carbocycles. The zero-order valence-corrected chi connectivity index (χ0v) is 24.2. The molecule has 3 fully saturated rings. The van der Waals surface area contributed by atoms with Crippen molar-refractivity contribution in [2.45, 2.75) is 126 Å². The standard InChI is InChI=1S/C33H54O2/c1-9-23(22(2)3)11-10-12-24-14-16-28-27-15-13-25-21-26(35-30(34)31(4,5)6)17-19-33(25,8)29(27)18-20-32(24,28)7/h10-11,13,22-24,26-29H,9,12,14-21H2,1-8H3/b11-10+. The number of hydrogen-bond donors (Lipinski definition) is 0. The molecule has 2 heteroatoms. The van der Waals surface area contributed by atoms with Crippen LogP contribution in [0, 0.1) is 51.8 Å². The molecule has 0 heterocycles. The van der Waals surface area contributed by atoms with E-state index in [0.29, 0.717) is 10.8 Å². The van der Waals surface area contributed by atoms with E-state index in [4.69, 9.17) is 4.74 Å². The van der Waals surface area contributed by atoms with Crippen LogP contribution in [0.15, 0.2) is 23.8 Å². The molecule has 0 spiro atoms. The number of carbonyl (C=O) groups excluding carboxylic acids is 1. The van der Waals surface area contributed by atoms with Gasteiger partial charge in [-0.3, -0.25) is 4.79 Å². The first kappa shape index (κ1) is 27.0. The summed E-state index contributed by atoms with van der Waals surface area (Å²) in [6.45, 7) is 18.2. The molecule has 4 aliphatic rings. The van der Waals surface area contributed by atoms with Crippen LogP contribution in [-0.2, 0) is 9.53 Å². The van der Waals surface area contributed by atoms with Gasteiger partial charge in [-0.1, -0.05) is 58.4 Å². The molecule has 0 aromatic carbocycles. The highest BCUT2D eigenvalue weighted by Gasteiger charge is 2.58. The van der Waals surface area contributed by atoms with Crippen molar-refractivity contribution in [2.24, 2.45) is 51.8 Å². The lowest BCUT2D eigenvalue weighted by Gasteiger charge is -2.58. The molecule has 4 rings (SSSR count). The van der Waals surface area contributed by atoms with Gasteiger partial charge in [-0.15, -0.1) is 0 Å². The van der Waals surface area contributed by atoms with Gasteiger partial charge in [-0.2, -0.15) is 0 Å². The Balaban J connectivity index is 1.44. The summed E-state index contributed by atoms with van der Waals surface area (Å²) in [5.41, 5.74) is 2.03. The fourth-order valence-electron chi connectivity index (χ4n) is 8.80. The van der Waals surface area contributed by atoms with E-state index in [0.717, 1.165) is 48.3 Å². The second kappa shape index (κ2) is 10.0. The molecule has 0 aromatic rings. The Hall–Kier alpha value is -1.05. The van der Waals surface area contributed by atoms with Crippen molar-refractivity contribution in [3.8, 4) is 0 Å². The maximum absolute atomic E-state index is 12.5. The molecule has 8 unspecified atom stereocenters. The smallest absolute Gasteiger partial charge is 0.311 e. The molecule has 0 N–H and O–H groups in total. The summed E-state index contributed by atoms with van der Waals surface area (Å²) in [5, 5.41) is 0. The fourth-order valence-corrected chi connectivity index (χ4v) is 8.80. The van der Waals surface area contributed by atoms with Crippen LogP contribution >= 0.6 is 0 Å². The van der Waals surface area contributed by atoms with E-state index in [2.05, 4.69) is 52.8 Å². The van der Waals surface area contributed by atoms with Gasteiger partial charge >= 0.3 is 5.97 Å². The number of hydrogen-bond acceptors (Lipinski definition) is 2. The number of allylic oxidation sites excluding steroid dienone is 3. The molecule has 0 amide bonds. The third-order valence-corrected chi connectivity index (χ3v) is 11.3. The lowest BCUT2D eigenvalue weighted by Crippen LogP contribution is -2.50. The van der Waals surface area contributed by atoms with Crippen LogP contribution in [0.4, 0.5) is 0 Å². The molecule has 0 radical (unpaired) electrons. The molecule has 35 heavy (non-hydrogen) atoms. The molecular formula is C33H54O2. The number of carbonyl (C=O) groups is 1. The van der Waals surface area contributed by atoms with Crippen LogP contribution < -0.4 is 0 Å². The van der Waals surface area contributed by atoms with Crippen molar-refractivity contribution in [1.82, 2.24) is 0 Å². The lowest BCUT2D eigenvalue weighted by atomic mass is 9.47. The van der Waals surface area contributed by atoms with Gasteiger partial charge in [0.2, 0.25) is 0 Å². The van der Waals surface area contributed by atoms with Crippen molar-refractivity contribution in [3.63, 3.8) is 0 Å². The van der Waals surface area contributed by atoms with Crippen LogP contribution in [0.2, 0.25) is 0 Å². The zero-order valence-electron chi connectivity index (χ0n) is 24.2. The third-order valence-electron chi connectivity index (χ3n) is 11.3. The van der Waals surface area contributed by atoms with E-state index in [-0.39, 0.29) is 12.1 Å². The zero-order chi connectivity index (χ0) is 25.6. The van der Waals surface area contributed by atoms with Crippen LogP contribution in [0.3, 0.4) is 0 Å². The number of ether oxygens (including phenoxy) is 1.